The maximum atomic E-state index is 12.2. The first kappa shape index (κ1) is 14.9. The number of carbonyl (C=O) groups excluding carboxylic acids is 1. The lowest BCUT2D eigenvalue weighted by Gasteiger charge is -2.06. The number of phenolic OH excluding ortho intramolecular Hbond substituents is 1. The van der Waals surface area contributed by atoms with E-state index in [2.05, 4.69) is 5.32 Å². The number of carboxylic acid groups (broad SMARTS) is 1. The molecule has 1 aromatic heterocycles. The number of fused-ring (bicyclic) bond motifs is 1. The summed E-state index contributed by atoms with van der Waals surface area (Å²) in [5, 5.41) is 22.3. The van der Waals surface area contributed by atoms with Crippen LogP contribution in [0.25, 0.3) is 11.0 Å². The molecule has 7 heteroatoms. The van der Waals surface area contributed by atoms with E-state index in [1.54, 1.807) is 18.2 Å². The predicted molar refractivity (Wildman–Crippen MR) is 84.2 cm³/mol. The zero-order valence-electron chi connectivity index (χ0n) is 11.5. The molecule has 3 rings (SSSR count). The molecule has 3 N–H and O–H groups in total. The summed E-state index contributed by atoms with van der Waals surface area (Å²) in [5.74, 6) is -2.01. The Morgan fingerprint density at radius 3 is 2.61 bits per heavy atom. The molecule has 0 saturated heterocycles. The summed E-state index contributed by atoms with van der Waals surface area (Å²) in [7, 11) is 0. The highest BCUT2D eigenvalue weighted by Crippen LogP contribution is 2.27. The number of phenols is 1. The summed E-state index contributed by atoms with van der Waals surface area (Å²) in [5.41, 5.74) is 0.408. The number of furan rings is 1. The van der Waals surface area contributed by atoms with Crippen LogP contribution in [-0.4, -0.2) is 22.1 Å². The summed E-state index contributed by atoms with van der Waals surface area (Å²) < 4.78 is 5.41. The number of hydrogen-bond acceptors (Lipinski definition) is 4. The van der Waals surface area contributed by atoms with E-state index in [-0.39, 0.29) is 22.8 Å². The molecule has 0 radical (unpaired) electrons. The van der Waals surface area contributed by atoms with Gasteiger partial charge in [0, 0.05) is 10.4 Å². The van der Waals surface area contributed by atoms with Crippen molar-refractivity contribution in [3.8, 4) is 5.75 Å². The third-order valence-electron chi connectivity index (χ3n) is 3.19. The van der Waals surface area contributed by atoms with Crippen molar-refractivity contribution < 1.29 is 24.2 Å². The molecule has 1 heterocycles. The average Bonchev–Trinajstić information content (AvgIpc) is 2.92. The Labute approximate surface area is 134 Å². The molecule has 1 amide bonds. The van der Waals surface area contributed by atoms with Crippen LogP contribution >= 0.6 is 11.6 Å². The Morgan fingerprint density at radius 2 is 1.87 bits per heavy atom. The highest BCUT2D eigenvalue weighted by atomic mass is 35.5. The van der Waals surface area contributed by atoms with E-state index in [0.717, 1.165) is 6.07 Å². The van der Waals surface area contributed by atoms with E-state index < -0.39 is 11.9 Å². The Balaban J connectivity index is 1.91. The fraction of sp³-hybridized carbons (Fsp3) is 0. The number of anilines is 1. The maximum absolute atomic E-state index is 12.2. The number of amides is 1. The van der Waals surface area contributed by atoms with E-state index in [9.17, 15) is 14.7 Å². The Morgan fingerprint density at radius 1 is 1.09 bits per heavy atom. The predicted octanol–water partition coefficient (Wildman–Crippen LogP) is 3.74. The van der Waals surface area contributed by atoms with Gasteiger partial charge in [0.25, 0.3) is 5.91 Å². The molecule has 6 nitrogen and oxygen atoms in total. The normalized spacial score (nSPS) is 10.7. The molecular weight excluding hydrogens is 322 g/mol. The zero-order chi connectivity index (χ0) is 16.6. The van der Waals surface area contributed by atoms with Crippen LogP contribution in [0.5, 0.6) is 5.75 Å². The Bertz CT molecular complexity index is 931. The number of aromatic carboxylic acids is 1. The van der Waals surface area contributed by atoms with Crippen LogP contribution in [-0.2, 0) is 0 Å². The molecule has 0 saturated carbocycles. The molecule has 2 aromatic carbocycles. The van der Waals surface area contributed by atoms with Crippen molar-refractivity contribution in [2.75, 3.05) is 5.32 Å². The largest absolute Gasteiger partial charge is 0.506 e. The molecule has 0 aliphatic rings. The second kappa shape index (κ2) is 5.66. The molecule has 0 bridgehead atoms. The third-order valence-corrected chi connectivity index (χ3v) is 3.43. The quantitative estimate of drug-likeness (QED) is 0.635. The number of carbonyl (C=O) groups is 2. The molecule has 0 aliphatic heterocycles. The van der Waals surface area contributed by atoms with Crippen molar-refractivity contribution >= 4 is 40.1 Å². The van der Waals surface area contributed by atoms with Crippen molar-refractivity contribution in [3.63, 3.8) is 0 Å². The summed E-state index contributed by atoms with van der Waals surface area (Å²) in [4.78, 5) is 23.1. The minimum absolute atomic E-state index is 0.0161. The number of halogens is 1. The van der Waals surface area contributed by atoms with Crippen LogP contribution in [0.3, 0.4) is 0 Å². The minimum Gasteiger partial charge on any atom is -0.506 e. The minimum atomic E-state index is -1.17. The number of nitrogens with one attached hydrogen (secondary N) is 1. The van der Waals surface area contributed by atoms with E-state index in [0.29, 0.717) is 16.0 Å². The van der Waals surface area contributed by atoms with Gasteiger partial charge in [-0.1, -0.05) is 11.6 Å². The highest BCUT2D eigenvalue weighted by Gasteiger charge is 2.16. The summed E-state index contributed by atoms with van der Waals surface area (Å²) in [6, 6.07) is 10.0. The molecule has 116 valence electrons. The maximum Gasteiger partial charge on any atom is 0.335 e. The van der Waals surface area contributed by atoms with Crippen LogP contribution in [0.15, 0.2) is 46.9 Å². The molecule has 0 unspecified atom stereocenters. The van der Waals surface area contributed by atoms with Gasteiger partial charge in [0.15, 0.2) is 5.76 Å². The molecule has 23 heavy (non-hydrogen) atoms. The van der Waals surface area contributed by atoms with Gasteiger partial charge in [0.1, 0.15) is 11.3 Å². The molecule has 0 aliphatic carbocycles. The molecule has 3 aromatic rings. The summed E-state index contributed by atoms with van der Waals surface area (Å²) >= 11 is 5.87. The average molecular weight is 332 g/mol. The highest BCUT2D eigenvalue weighted by molar-refractivity contribution is 6.31. The van der Waals surface area contributed by atoms with Crippen molar-refractivity contribution in [2.45, 2.75) is 0 Å². The number of benzene rings is 2. The fourth-order valence-corrected chi connectivity index (χ4v) is 2.26. The first-order chi connectivity index (χ1) is 10.9. The second-order valence-electron chi connectivity index (χ2n) is 4.78. The van der Waals surface area contributed by atoms with Crippen LogP contribution in [0.1, 0.15) is 20.9 Å². The van der Waals surface area contributed by atoms with Gasteiger partial charge >= 0.3 is 5.97 Å². The third kappa shape index (κ3) is 2.97. The van der Waals surface area contributed by atoms with E-state index in [1.165, 1.54) is 18.2 Å². The monoisotopic (exact) mass is 331 g/mol. The number of carboxylic acids is 1. The fourth-order valence-electron chi connectivity index (χ4n) is 2.08. The Hall–Kier alpha value is -2.99. The van der Waals surface area contributed by atoms with Gasteiger partial charge in [-0.05, 0) is 42.5 Å². The first-order valence-electron chi connectivity index (χ1n) is 6.51. The van der Waals surface area contributed by atoms with Crippen LogP contribution < -0.4 is 5.32 Å². The number of hydrogen-bond donors (Lipinski definition) is 3. The van der Waals surface area contributed by atoms with Crippen LogP contribution in [0.2, 0.25) is 5.02 Å². The number of aromatic hydroxyl groups is 1. The molecule has 0 atom stereocenters. The van der Waals surface area contributed by atoms with E-state index in [1.807, 2.05) is 0 Å². The smallest absolute Gasteiger partial charge is 0.335 e. The standard InChI is InChI=1S/C16H10ClNO5/c17-10-2-4-13-9(5-10)7-14(23-13)15(20)18-11-6-8(16(21)22)1-3-12(11)19/h1-7,19H,(H,18,20)(H,21,22). The van der Waals surface area contributed by atoms with Crippen LogP contribution in [0, 0.1) is 0 Å². The molecule has 0 fully saturated rings. The summed E-state index contributed by atoms with van der Waals surface area (Å²) in [6.07, 6.45) is 0. The van der Waals surface area contributed by atoms with E-state index in [4.69, 9.17) is 21.1 Å². The lowest BCUT2D eigenvalue weighted by molar-refractivity contribution is 0.0696. The van der Waals surface area contributed by atoms with E-state index >= 15 is 0 Å². The van der Waals surface area contributed by atoms with Gasteiger partial charge in [0.05, 0.1) is 11.3 Å². The topological polar surface area (TPSA) is 99.8 Å². The van der Waals surface area contributed by atoms with Gasteiger partial charge in [-0.15, -0.1) is 0 Å². The van der Waals surface area contributed by atoms with Crippen LogP contribution in [0.4, 0.5) is 5.69 Å². The van der Waals surface area contributed by atoms with Crippen molar-refractivity contribution in [1.82, 2.24) is 0 Å². The lowest BCUT2D eigenvalue weighted by Crippen LogP contribution is -2.11. The van der Waals surface area contributed by atoms with Crippen molar-refractivity contribution in [1.29, 1.82) is 0 Å². The van der Waals surface area contributed by atoms with Gasteiger partial charge in [0.2, 0.25) is 0 Å². The van der Waals surface area contributed by atoms with Gasteiger partial charge < -0.3 is 19.9 Å². The van der Waals surface area contributed by atoms with Gasteiger partial charge in [-0.25, -0.2) is 4.79 Å². The first-order valence-corrected chi connectivity index (χ1v) is 6.88. The SMILES string of the molecule is O=C(O)c1ccc(O)c(NC(=O)c2cc3cc(Cl)ccc3o2)c1. The Kier molecular flexibility index (Phi) is 3.67. The second-order valence-corrected chi connectivity index (χ2v) is 5.22. The van der Waals surface area contributed by atoms with Crippen molar-refractivity contribution in [2.24, 2.45) is 0 Å². The molecule has 0 spiro atoms. The van der Waals surface area contributed by atoms with Gasteiger partial charge in [-0.3, -0.25) is 4.79 Å². The lowest BCUT2D eigenvalue weighted by atomic mass is 10.2. The zero-order valence-corrected chi connectivity index (χ0v) is 12.3. The summed E-state index contributed by atoms with van der Waals surface area (Å²) in [6.45, 7) is 0. The molecular formula is C16H10ClNO5. The number of rotatable bonds is 3. The van der Waals surface area contributed by atoms with Gasteiger partial charge in [-0.2, -0.15) is 0 Å². The van der Waals surface area contributed by atoms with Crippen molar-refractivity contribution in [3.05, 3.63) is 58.8 Å².